The second-order valence-corrected chi connectivity index (χ2v) is 10.4. The van der Waals surface area contributed by atoms with Crippen LogP contribution in [0, 0.1) is 5.92 Å². The molecule has 1 aliphatic heterocycles. The van der Waals surface area contributed by atoms with Crippen molar-refractivity contribution in [3.63, 3.8) is 0 Å². The topological polar surface area (TPSA) is 26.7 Å². The van der Waals surface area contributed by atoms with Crippen LogP contribution in [0.1, 0.15) is 36.4 Å². The summed E-state index contributed by atoms with van der Waals surface area (Å²) in [6.45, 7) is 5.30. The standard InChI is InChI=1S/C30H33BrN2O/c31-26-13-7-12-25(22-26)30(29-27-14-4-3-11-24(27)15-16-28(29)34)33-20-18-32(19-21-33)17-6-5-10-23-8-1-2-9-23/h1-4,7-9,11-16,22-23,30,34H,5-6,10,17-21H2. The normalized spacial score (nSPS) is 18.1. The van der Waals surface area contributed by atoms with E-state index in [0.29, 0.717) is 11.7 Å². The van der Waals surface area contributed by atoms with Gasteiger partial charge in [-0.05, 0) is 59.8 Å². The van der Waals surface area contributed by atoms with E-state index < -0.39 is 0 Å². The molecule has 1 atom stereocenters. The molecule has 1 heterocycles. The van der Waals surface area contributed by atoms with Crippen LogP contribution >= 0.6 is 15.9 Å². The highest BCUT2D eigenvalue weighted by Crippen LogP contribution is 2.40. The summed E-state index contributed by atoms with van der Waals surface area (Å²) in [4.78, 5) is 5.16. The van der Waals surface area contributed by atoms with Gasteiger partial charge in [-0.15, -0.1) is 0 Å². The Hall–Kier alpha value is -2.40. The van der Waals surface area contributed by atoms with Crippen molar-refractivity contribution in [1.29, 1.82) is 0 Å². The molecule has 3 aromatic rings. The average molecular weight is 518 g/mol. The van der Waals surface area contributed by atoms with E-state index in [2.05, 4.69) is 98.6 Å². The molecule has 176 valence electrons. The van der Waals surface area contributed by atoms with Crippen LogP contribution in [0.25, 0.3) is 10.8 Å². The van der Waals surface area contributed by atoms with Crippen LogP contribution in [0.2, 0.25) is 0 Å². The second kappa shape index (κ2) is 10.9. The first-order chi connectivity index (χ1) is 16.7. The summed E-state index contributed by atoms with van der Waals surface area (Å²) in [7, 11) is 0. The molecule has 0 radical (unpaired) electrons. The number of phenolic OH excluding ortho intramolecular Hbond substituents is 1. The molecular formula is C30H33BrN2O. The maximum Gasteiger partial charge on any atom is 0.121 e. The van der Waals surface area contributed by atoms with E-state index >= 15 is 0 Å². The fourth-order valence-corrected chi connectivity index (χ4v) is 5.86. The van der Waals surface area contributed by atoms with Crippen molar-refractivity contribution in [2.75, 3.05) is 32.7 Å². The van der Waals surface area contributed by atoms with Crippen molar-refractivity contribution in [3.8, 4) is 5.75 Å². The molecule has 1 fully saturated rings. The van der Waals surface area contributed by atoms with Gasteiger partial charge in [-0.2, -0.15) is 0 Å². The molecule has 5 rings (SSSR count). The second-order valence-electron chi connectivity index (χ2n) is 9.48. The molecule has 1 N–H and O–H groups in total. The number of aromatic hydroxyl groups is 1. The van der Waals surface area contributed by atoms with Crippen LogP contribution in [-0.2, 0) is 0 Å². The number of rotatable bonds is 8. The maximum absolute atomic E-state index is 11.1. The third-order valence-corrected chi connectivity index (χ3v) is 7.74. The summed E-state index contributed by atoms with van der Waals surface area (Å²) in [5.41, 5.74) is 2.23. The number of hydrogen-bond donors (Lipinski definition) is 1. The van der Waals surface area contributed by atoms with Crippen molar-refractivity contribution in [2.24, 2.45) is 5.92 Å². The zero-order valence-electron chi connectivity index (χ0n) is 19.6. The number of unbranched alkanes of at least 4 members (excludes halogenated alkanes) is 1. The fourth-order valence-electron chi connectivity index (χ4n) is 5.44. The van der Waals surface area contributed by atoms with E-state index in [1.54, 1.807) is 0 Å². The van der Waals surface area contributed by atoms with Crippen LogP contribution < -0.4 is 0 Å². The Morgan fingerprint density at radius 1 is 0.882 bits per heavy atom. The molecule has 34 heavy (non-hydrogen) atoms. The quantitative estimate of drug-likeness (QED) is 0.329. The largest absolute Gasteiger partial charge is 0.508 e. The number of allylic oxidation sites excluding steroid dienone is 4. The Morgan fingerprint density at radius 2 is 1.68 bits per heavy atom. The molecule has 2 aliphatic rings. The zero-order chi connectivity index (χ0) is 23.3. The van der Waals surface area contributed by atoms with Gasteiger partial charge in [-0.3, -0.25) is 4.90 Å². The minimum Gasteiger partial charge on any atom is -0.508 e. The molecule has 0 aromatic heterocycles. The molecule has 0 spiro atoms. The van der Waals surface area contributed by atoms with E-state index in [1.165, 1.54) is 36.8 Å². The van der Waals surface area contributed by atoms with Crippen LogP contribution in [0.5, 0.6) is 5.75 Å². The monoisotopic (exact) mass is 516 g/mol. The molecule has 1 aliphatic carbocycles. The minimum absolute atomic E-state index is 0.0201. The lowest BCUT2D eigenvalue weighted by Crippen LogP contribution is -2.48. The van der Waals surface area contributed by atoms with Crippen LogP contribution in [-0.4, -0.2) is 47.6 Å². The number of halogens is 1. The lowest BCUT2D eigenvalue weighted by molar-refractivity contribution is 0.107. The third kappa shape index (κ3) is 5.30. The summed E-state index contributed by atoms with van der Waals surface area (Å²) in [5.74, 6) is 1.03. The van der Waals surface area contributed by atoms with Crippen LogP contribution in [0.15, 0.2) is 89.4 Å². The predicted molar refractivity (Wildman–Crippen MR) is 145 cm³/mol. The number of piperazine rings is 1. The van der Waals surface area contributed by atoms with E-state index in [9.17, 15) is 5.11 Å². The number of phenols is 1. The summed E-state index contributed by atoms with van der Waals surface area (Å²) in [6, 6.07) is 20.8. The molecule has 0 amide bonds. The van der Waals surface area contributed by atoms with Crippen molar-refractivity contribution in [1.82, 2.24) is 9.80 Å². The summed E-state index contributed by atoms with van der Waals surface area (Å²) < 4.78 is 1.07. The van der Waals surface area contributed by atoms with Gasteiger partial charge < -0.3 is 10.0 Å². The van der Waals surface area contributed by atoms with Crippen LogP contribution in [0.3, 0.4) is 0 Å². The highest BCUT2D eigenvalue weighted by atomic mass is 79.9. The van der Waals surface area contributed by atoms with E-state index in [0.717, 1.165) is 41.6 Å². The van der Waals surface area contributed by atoms with Crippen molar-refractivity contribution >= 4 is 26.7 Å². The van der Waals surface area contributed by atoms with E-state index in [4.69, 9.17) is 0 Å². The third-order valence-electron chi connectivity index (χ3n) is 7.25. The Kier molecular flexibility index (Phi) is 7.48. The lowest BCUT2D eigenvalue weighted by Gasteiger charge is -2.40. The van der Waals surface area contributed by atoms with Crippen LogP contribution in [0.4, 0.5) is 0 Å². The molecule has 1 unspecified atom stereocenters. The molecule has 3 nitrogen and oxygen atoms in total. The van der Waals surface area contributed by atoms with Gasteiger partial charge in [0, 0.05) is 36.2 Å². The molecular weight excluding hydrogens is 484 g/mol. The lowest BCUT2D eigenvalue weighted by atomic mass is 9.91. The number of hydrogen-bond acceptors (Lipinski definition) is 3. The Morgan fingerprint density at radius 3 is 2.47 bits per heavy atom. The van der Waals surface area contributed by atoms with Gasteiger partial charge in [0.2, 0.25) is 0 Å². The van der Waals surface area contributed by atoms with Gasteiger partial charge in [0.1, 0.15) is 5.75 Å². The Bertz CT molecular complexity index is 1170. The molecule has 3 aromatic carbocycles. The number of fused-ring (bicyclic) bond motifs is 1. The Balaban J connectivity index is 1.32. The van der Waals surface area contributed by atoms with Gasteiger partial charge in [0.25, 0.3) is 0 Å². The van der Waals surface area contributed by atoms with Crippen molar-refractivity contribution in [2.45, 2.75) is 25.3 Å². The summed E-state index contributed by atoms with van der Waals surface area (Å²) in [6.07, 6.45) is 12.8. The zero-order valence-corrected chi connectivity index (χ0v) is 21.2. The average Bonchev–Trinajstić information content (AvgIpc) is 3.38. The highest BCUT2D eigenvalue weighted by molar-refractivity contribution is 9.10. The first-order valence-electron chi connectivity index (χ1n) is 12.5. The number of nitrogens with zero attached hydrogens (tertiary/aromatic N) is 2. The van der Waals surface area contributed by atoms with Gasteiger partial charge in [-0.1, -0.05) is 89.1 Å². The van der Waals surface area contributed by atoms with Crippen molar-refractivity contribution < 1.29 is 5.11 Å². The number of benzene rings is 3. The highest BCUT2D eigenvalue weighted by Gasteiger charge is 2.29. The summed E-state index contributed by atoms with van der Waals surface area (Å²) in [5, 5.41) is 13.4. The van der Waals surface area contributed by atoms with E-state index in [1.807, 2.05) is 12.1 Å². The van der Waals surface area contributed by atoms with Crippen molar-refractivity contribution in [3.05, 3.63) is 101 Å². The molecule has 1 saturated heterocycles. The molecule has 0 saturated carbocycles. The minimum atomic E-state index is 0.0201. The van der Waals surface area contributed by atoms with Gasteiger partial charge in [0.15, 0.2) is 0 Å². The fraction of sp³-hybridized carbons (Fsp3) is 0.333. The van der Waals surface area contributed by atoms with Gasteiger partial charge >= 0.3 is 0 Å². The Labute approximate surface area is 211 Å². The molecule has 4 heteroatoms. The predicted octanol–water partition coefficient (Wildman–Crippen LogP) is 6.93. The van der Waals surface area contributed by atoms with Gasteiger partial charge in [0.05, 0.1) is 6.04 Å². The first-order valence-corrected chi connectivity index (χ1v) is 13.3. The summed E-state index contributed by atoms with van der Waals surface area (Å²) >= 11 is 3.67. The smallest absolute Gasteiger partial charge is 0.121 e. The first kappa shape index (κ1) is 23.3. The van der Waals surface area contributed by atoms with Gasteiger partial charge in [-0.25, -0.2) is 0 Å². The molecule has 0 bridgehead atoms. The van der Waals surface area contributed by atoms with E-state index in [-0.39, 0.29) is 6.04 Å². The maximum atomic E-state index is 11.1. The SMILES string of the molecule is Oc1ccc2ccccc2c1C(c1cccc(Br)c1)N1CCN(CCCCC2C=CC=C2)CC1.